The quantitative estimate of drug-likeness (QED) is 0.867. The lowest BCUT2D eigenvalue weighted by Gasteiger charge is -2.50. The Morgan fingerprint density at radius 2 is 1.91 bits per heavy atom. The van der Waals surface area contributed by atoms with Gasteiger partial charge in [0.15, 0.2) is 0 Å². The average molecular weight is 295 g/mol. The molecule has 114 valence electrons. The van der Waals surface area contributed by atoms with Crippen molar-refractivity contribution in [2.75, 3.05) is 24.5 Å². The molecular formula is C17H21N5. The zero-order chi connectivity index (χ0) is 15.0. The van der Waals surface area contributed by atoms with Gasteiger partial charge in [-0.05, 0) is 38.0 Å². The van der Waals surface area contributed by atoms with Gasteiger partial charge in [0.2, 0.25) is 5.95 Å². The van der Waals surface area contributed by atoms with Crippen LogP contribution >= 0.6 is 0 Å². The molecule has 0 aliphatic carbocycles. The van der Waals surface area contributed by atoms with Gasteiger partial charge in [-0.15, -0.1) is 0 Å². The summed E-state index contributed by atoms with van der Waals surface area (Å²) in [6, 6.07) is 8.14. The van der Waals surface area contributed by atoms with Crippen LogP contribution in [0.4, 0.5) is 5.95 Å². The first-order chi connectivity index (χ1) is 10.8. The van der Waals surface area contributed by atoms with Crippen LogP contribution in [0.5, 0.6) is 0 Å². The van der Waals surface area contributed by atoms with Crippen LogP contribution in [0.2, 0.25) is 0 Å². The number of anilines is 1. The number of hydrogen-bond acceptors (Lipinski definition) is 5. The van der Waals surface area contributed by atoms with Gasteiger partial charge in [-0.25, -0.2) is 9.97 Å². The maximum atomic E-state index is 4.63. The Morgan fingerprint density at radius 1 is 1.09 bits per heavy atom. The fourth-order valence-corrected chi connectivity index (χ4v) is 3.70. The highest BCUT2D eigenvalue weighted by molar-refractivity contribution is 5.41. The molecule has 2 fully saturated rings. The van der Waals surface area contributed by atoms with Crippen molar-refractivity contribution in [2.45, 2.75) is 31.8 Å². The molecule has 5 heteroatoms. The summed E-state index contributed by atoms with van der Waals surface area (Å²) in [7, 11) is 0. The molecule has 1 spiro atoms. The number of hydrogen-bond donors (Lipinski definition) is 0. The first-order valence-electron chi connectivity index (χ1n) is 7.95. The highest BCUT2D eigenvalue weighted by atomic mass is 15.4. The lowest BCUT2D eigenvalue weighted by molar-refractivity contribution is 0.242. The standard InChI is InChI=1S/C17H21N5/c1-14-4-2-5-15(20-14)12-21-10-6-17(13-21)7-11-22(17)16-18-8-3-9-19-16/h2-5,8-9H,6-7,10-13H2,1H3/t17-/m0/s1. The second-order valence-corrected chi connectivity index (χ2v) is 6.41. The predicted octanol–water partition coefficient (Wildman–Crippen LogP) is 2.03. The molecule has 0 saturated carbocycles. The zero-order valence-corrected chi connectivity index (χ0v) is 12.9. The molecule has 0 aromatic carbocycles. The molecule has 22 heavy (non-hydrogen) atoms. The van der Waals surface area contributed by atoms with E-state index in [1.54, 1.807) is 0 Å². The molecule has 4 rings (SSSR count). The lowest BCUT2D eigenvalue weighted by atomic mass is 9.84. The van der Waals surface area contributed by atoms with E-state index in [2.05, 4.69) is 49.9 Å². The van der Waals surface area contributed by atoms with E-state index >= 15 is 0 Å². The SMILES string of the molecule is Cc1cccc(CN2CC[C@]3(CCN3c3ncccn3)C2)n1. The second-order valence-electron chi connectivity index (χ2n) is 6.41. The highest BCUT2D eigenvalue weighted by Crippen LogP contribution is 2.41. The van der Waals surface area contributed by atoms with Gasteiger partial charge in [-0.3, -0.25) is 9.88 Å². The molecular weight excluding hydrogens is 274 g/mol. The van der Waals surface area contributed by atoms with E-state index in [4.69, 9.17) is 0 Å². The van der Waals surface area contributed by atoms with Crippen molar-refractivity contribution in [2.24, 2.45) is 0 Å². The molecule has 2 aromatic rings. The van der Waals surface area contributed by atoms with Gasteiger partial charge in [0, 0.05) is 44.3 Å². The van der Waals surface area contributed by atoms with E-state index < -0.39 is 0 Å². The topological polar surface area (TPSA) is 45.2 Å². The fourth-order valence-electron chi connectivity index (χ4n) is 3.70. The third kappa shape index (κ3) is 2.35. The van der Waals surface area contributed by atoms with Gasteiger partial charge in [0.05, 0.1) is 11.2 Å². The Bertz CT molecular complexity index is 659. The molecule has 2 aliphatic heterocycles. The molecule has 0 radical (unpaired) electrons. The second kappa shape index (κ2) is 5.32. The molecule has 2 aromatic heterocycles. The van der Waals surface area contributed by atoms with Crippen molar-refractivity contribution in [1.29, 1.82) is 0 Å². The minimum Gasteiger partial charge on any atom is -0.334 e. The summed E-state index contributed by atoms with van der Waals surface area (Å²) in [6.45, 7) is 6.27. The first kappa shape index (κ1) is 13.6. The summed E-state index contributed by atoms with van der Waals surface area (Å²) in [4.78, 5) is 18.4. The van der Waals surface area contributed by atoms with Crippen molar-refractivity contribution in [3.8, 4) is 0 Å². The Labute approximate surface area is 131 Å². The van der Waals surface area contributed by atoms with E-state index in [0.717, 1.165) is 37.8 Å². The number of pyridine rings is 1. The van der Waals surface area contributed by atoms with E-state index in [1.165, 1.54) is 18.5 Å². The summed E-state index contributed by atoms with van der Waals surface area (Å²) in [5.41, 5.74) is 2.50. The maximum Gasteiger partial charge on any atom is 0.225 e. The first-order valence-corrected chi connectivity index (χ1v) is 7.95. The van der Waals surface area contributed by atoms with Crippen LogP contribution in [0, 0.1) is 6.92 Å². The summed E-state index contributed by atoms with van der Waals surface area (Å²) >= 11 is 0. The average Bonchev–Trinajstić information content (AvgIpc) is 2.94. The smallest absolute Gasteiger partial charge is 0.225 e. The molecule has 0 N–H and O–H groups in total. The molecule has 1 atom stereocenters. The van der Waals surface area contributed by atoms with Gasteiger partial charge in [0.1, 0.15) is 0 Å². The summed E-state index contributed by atoms with van der Waals surface area (Å²) in [5, 5.41) is 0. The Hall–Kier alpha value is -2.01. The van der Waals surface area contributed by atoms with Crippen molar-refractivity contribution < 1.29 is 0 Å². The Morgan fingerprint density at radius 3 is 2.64 bits per heavy atom. The van der Waals surface area contributed by atoms with Gasteiger partial charge < -0.3 is 4.90 Å². The van der Waals surface area contributed by atoms with Crippen LogP contribution in [0.15, 0.2) is 36.7 Å². The van der Waals surface area contributed by atoms with Crippen molar-refractivity contribution in [1.82, 2.24) is 19.9 Å². The number of rotatable bonds is 3. The Balaban J connectivity index is 1.46. The number of aromatic nitrogens is 3. The van der Waals surface area contributed by atoms with Crippen LogP contribution in [0.1, 0.15) is 24.2 Å². The van der Waals surface area contributed by atoms with Crippen LogP contribution in [0.3, 0.4) is 0 Å². The van der Waals surface area contributed by atoms with Gasteiger partial charge in [-0.2, -0.15) is 0 Å². The van der Waals surface area contributed by atoms with Crippen molar-refractivity contribution >= 4 is 5.95 Å². The summed E-state index contributed by atoms with van der Waals surface area (Å²) in [5.74, 6) is 0.879. The lowest BCUT2D eigenvalue weighted by Crippen LogP contribution is -2.62. The summed E-state index contributed by atoms with van der Waals surface area (Å²) in [6.07, 6.45) is 6.09. The molecule has 0 unspecified atom stereocenters. The molecule has 0 amide bonds. The van der Waals surface area contributed by atoms with E-state index in [-0.39, 0.29) is 5.54 Å². The molecule has 2 saturated heterocycles. The predicted molar refractivity (Wildman–Crippen MR) is 85.6 cm³/mol. The monoisotopic (exact) mass is 295 g/mol. The molecule has 5 nitrogen and oxygen atoms in total. The highest BCUT2D eigenvalue weighted by Gasteiger charge is 2.50. The maximum absolute atomic E-state index is 4.63. The van der Waals surface area contributed by atoms with Crippen LogP contribution in [-0.2, 0) is 6.54 Å². The molecule has 2 aliphatic rings. The number of likely N-dealkylation sites (tertiary alicyclic amines) is 1. The van der Waals surface area contributed by atoms with Crippen LogP contribution in [-0.4, -0.2) is 45.0 Å². The molecule has 4 heterocycles. The van der Waals surface area contributed by atoms with Crippen LogP contribution in [0.25, 0.3) is 0 Å². The van der Waals surface area contributed by atoms with Gasteiger partial charge >= 0.3 is 0 Å². The van der Waals surface area contributed by atoms with Crippen molar-refractivity contribution in [3.63, 3.8) is 0 Å². The Kier molecular flexibility index (Phi) is 3.30. The van der Waals surface area contributed by atoms with Gasteiger partial charge in [-0.1, -0.05) is 6.07 Å². The normalized spacial score (nSPS) is 24.7. The van der Waals surface area contributed by atoms with Crippen molar-refractivity contribution in [3.05, 3.63) is 48.0 Å². The van der Waals surface area contributed by atoms with Gasteiger partial charge in [0.25, 0.3) is 0 Å². The zero-order valence-electron chi connectivity index (χ0n) is 12.9. The fraction of sp³-hybridized carbons (Fsp3) is 0.471. The number of nitrogens with zero attached hydrogens (tertiary/aromatic N) is 5. The third-order valence-corrected chi connectivity index (χ3v) is 4.91. The van der Waals surface area contributed by atoms with E-state index in [9.17, 15) is 0 Å². The van der Waals surface area contributed by atoms with E-state index in [1.807, 2.05) is 18.5 Å². The molecule has 0 bridgehead atoms. The van der Waals surface area contributed by atoms with E-state index in [0.29, 0.717) is 0 Å². The minimum atomic E-state index is 0.241. The largest absolute Gasteiger partial charge is 0.334 e. The van der Waals surface area contributed by atoms with Crippen LogP contribution < -0.4 is 4.90 Å². The third-order valence-electron chi connectivity index (χ3n) is 4.91. The minimum absolute atomic E-state index is 0.241. The summed E-state index contributed by atoms with van der Waals surface area (Å²) < 4.78 is 0. The number of aryl methyl sites for hydroxylation is 1.